The quantitative estimate of drug-likeness (QED) is 0.727. The van der Waals surface area contributed by atoms with E-state index >= 15 is 0 Å². The molecule has 0 aliphatic carbocycles. The molecule has 0 spiro atoms. The van der Waals surface area contributed by atoms with Crippen LogP contribution in [0, 0.1) is 11.8 Å². The Labute approximate surface area is 163 Å². The van der Waals surface area contributed by atoms with Gasteiger partial charge in [0.05, 0.1) is 24.1 Å². The summed E-state index contributed by atoms with van der Waals surface area (Å²) < 4.78 is 4.94. The third kappa shape index (κ3) is 4.52. The standard InChI is InChI=1S/C19H26N4O5/c1-3-28-18(26)13-4-5-16(20-7-13)22-10-15(11-22)21-19(27)23-8-12(2)6-14(9-23)17(24)25/h4-5,7,12,14-15H,3,6,8-11H2,1-2H3,(H,21,27)(H,24,25). The van der Waals surface area contributed by atoms with E-state index in [1.54, 1.807) is 24.0 Å². The summed E-state index contributed by atoms with van der Waals surface area (Å²) in [5.74, 6) is -0.853. The number of amides is 2. The van der Waals surface area contributed by atoms with Gasteiger partial charge >= 0.3 is 18.0 Å². The second-order valence-electron chi connectivity index (χ2n) is 7.46. The van der Waals surface area contributed by atoms with Crippen molar-refractivity contribution >= 4 is 23.8 Å². The number of hydrogen-bond acceptors (Lipinski definition) is 6. The number of carboxylic acid groups (broad SMARTS) is 1. The molecule has 0 bridgehead atoms. The van der Waals surface area contributed by atoms with Crippen LogP contribution in [0.2, 0.25) is 0 Å². The van der Waals surface area contributed by atoms with Gasteiger partial charge in [0.2, 0.25) is 0 Å². The zero-order valence-corrected chi connectivity index (χ0v) is 16.1. The van der Waals surface area contributed by atoms with Crippen molar-refractivity contribution in [2.24, 2.45) is 11.8 Å². The number of anilines is 1. The van der Waals surface area contributed by atoms with E-state index in [-0.39, 0.29) is 24.5 Å². The van der Waals surface area contributed by atoms with Crippen molar-refractivity contribution in [1.82, 2.24) is 15.2 Å². The van der Waals surface area contributed by atoms with Crippen LogP contribution in [0.5, 0.6) is 0 Å². The number of nitrogens with zero attached hydrogens (tertiary/aromatic N) is 3. The molecule has 0 saturated carbocycles. The monoisotopic (exact) mass is 390 g/mol. The summed E-state index contributed by atoms with van der Waals surface area (Å²) in [5, 5.41) is 12.2. The molecule has 9 heteroatoms. The number of carbonyl (C=O) groups excluding carboxylic acids is 2. The van der Waals surface area contributed by atoms with E-state index in [0.29, 0.717) is 38.2 Å². The number of carboxylic acids is 1. The molecule has 3 heterocycles. The maximum atomic E-state index is 12.5. The number of pyridine rings is 1. The van der Waals surface area contributed by atoms with Crippen molar-refractivity contribution in [3.8, 4) is 0 Å². The number of hydrogen-bond donors (Lipinski definition) is 2. The number of nitrogens with one attached hydrogen (secondary N) is 1. The van der Waals surface area contributed by atoms with Crippen molar-refractivity contribution in [2.45, 2.75) is 26.3 Å². The van der Waals surface area contributed by atoms with Gasteiger partial charge in [-0.25, -0.2) is 14.6 Å². The number of esters is 1. The highest BCUT2D eigenvalue weighted by Crippen LogP contribution is 2.23. The Bertz CT molecular complexity index is 732. The van der Waals surface area contributed by atoms with Crippen LogP contribution in [0.1, 0.15) is 30.6 Å². The Hall–Kier alpha value is -2.84. The predicted octanol–water partition coefficient (Wildman–Crippen LogP) is 1.20. The molecule has 2 aliphatic heterocycles. The molecule has 3 rings (SSSR count). The lowest BCUT2D eigenvalue weighted by Crippen LogP contribution is -2.62. The third-order valence-electron chi connectivity index (χ3n) is 5.09. The molecule has 2 unspecified atom stereocenters. The van der Waals surface area contributed by atoms with Crippen LogP contribution in [-0.4, -0.2) is 71.8 Å². The zero-order chi connectivity index (χ0) is 20.3. The minimum absolute atomic E-state index is 0.0143. The first-order valence-corrected chi connectivity index (χ1v) is 9.53. The van der Waals surface area contributed by atoms with Gasteiger partial charge < -0.3 is 25.0 Å². The van der Waals surface area contributed by atoms with Gasteiger partial charge in [-0.05, 0) is 31.4 Å². The Morgan fingerprint density at radius 1 is 1.25 bits per heavy atom. The summed E-state index contributed by atoms with van der Waals surface area (Å²) in [6, 6.07) is 3.20. The van der Waals surface area contributed by atoms with Crippen molar-refractivity contribution < 1.29 is 24.2 Å². The number of ether oxygens (including phenoxy) is 1. The van der Waals surface area contributed by atoms with Gasteiger partial charge in [-0.15, -0.1) is 0 Å². The van der Waals surface area contributed by atoms with Gasteiger partial charge in [-0.2, -0.15) is 0 Å². The lowest BCUT2D eigenvalue weighted by Gasteiger charge is -2.42. The van der Waals surface area contributed by atoms with Crippen LogP contribution < -0.4 is 10.2 Å². The summed E-state index contributed by atoms with van der Waals surface area (Å²) in [5.41, 5.74) is 0.406. The zero-order valence-electron chi connectivity index (χ0n) is 16.1. The van der Waals surface area contributed by atoms with Crippen molar-refractivity contribution in [3.63, 3.8) is 0 Å². The van der Waals surface area contributed by atoms with Gasteiger partial charge in [-0.3, -0.25) is 4.79 Å². The highest BCUT2D eigenvalue weighted by molar-refractivity contribution is 5.89. The molecule has 1 aromatic rings. The second kappa shape index (κ2) is 8.45. The Balaban J connectivity index is 1.48. The molecule has 2 atom stereocenters. The number of rotatable bonds is 5. The Morgan fingerprint density at radius 3 is 2.61 bits per heavy atom. The molecule has 2 amide bonds. The fraction of sp³-hybridized carbons (Fsp3) is 0.579. The van der Waals surface area contributed by atoms with Crippen LogP contribution in [0.25, 0.3) is 0 Å². The van der Waals surface area contributed by atoms with Crippen molar-refractivity contribution in [1.29, 1.82) is 0 Å². The first kappa shape index (κ1) is 19.9. The summed E-state index contributed by atoms with van der Waals surface area (Å²) in [7, 11) is 0. The lowest BCUT2D eigenvalue weighted by atomic mass is 9.91. The summed E-state index contributed by atoms with van der Waals surface area (Å²) in [6.07, 6.45) is 2.09. The molecule has 2 fully saturated rings. The number of likely N-dealkylation sites (tertiary alicyclic amines) is 1. The molecule has 0 radical (unpaired) electrons. The van der Waals surface area contributed by atoms with E-state index in [1.165, 1.54) is 6.20 Å². The first-order valence-electron chi connectivity index (χ1n) is 9.53. The van der Waals surface area contributed by atoms with Gasteiger partial charge in [0.25, 0.3) is 0 Å². The van der Waals surface area contributed by atoms with E-state index in [0.717, 1.165) is 5.82 Å². The maximum Gasteiger partial charge on any atom is 0.339 e. The number of urea groups is 1. The highest BCUT2D eigenvalue weighted by Gasteiger charge is 2.35. The molecule has 28 heavy (non-hydrogen) atoms. The molecule has 9 nitrogen and oxygen atoms in total. The van der Waals surface area contributed by atoms with E-state index in [4.69, 9.17) is 4.74 Å². The van der Waals surface area contributed by atoms with Crippen LogP contribution in [0.15, 0.2) is 18.3 Å². The molecule has 2 aliphatic rings. The van der Waals surface area contributed by atoms with E-state index in [2.05, 4.69) is 10.3 Å². The molecular formula is C19H26N4O5. The van der Waals surface area contributed by atoms with E-state index in [1.807, 2.05) is 11.8 Å². The van der Waals surface area contributed by atoms with Crippen molar-refractivity contribution in [3.05, 3.63) is 23.9 Å². The molecule has 152 valence electrons. The summed E-state index contributed by atoms with van der Waals surface area (Å²) in [6.45, 7) is 6.08. The average Bonchev–Trinajstić information content (AvgIpc) is 2.64. The van der Waals surface area contributed by atoms with Gasteiger partial charge in [0, 0.05) is 32.4 Å². The van der Waals surface area contributed by atoms with Gasteiger partial charge in [-0.1, -0.05) is 6.92 Å². The van der Waals surface area contributed by atoms with Gasteiger partial charge in [0.15, 0.2) is 0 Å². The second-order valence-corrected chi connectivity index (χ2v) is 7.46. The molecule has 1 aromatic heterocycles. The van der Waals surface area contributed by atoms with Crippen molar-refractivity contribution in [2.75, 3.05) is 37.7 Å². The fourth-order valence-electron chi connectivity index (χ4n) is 3.63. The maximum absolute atomic E-state index is 12.5. The Kier molecular flexibility index (Phi) is 6.01. The number of piperidine rings is 1. The highest BCUT2D eigenvalue weighted by atomic mass is 16.5. The largest absolute Gasteiger partial charge is 0.481 e. The van der Waals surface area contributed by atoms with Crippen LogP contribution in [0.3, 0.4) is 0 Å². The average molecular weight is 390 g/mol. The topological polar surface area (TPSA) is 112 Å². The SMILES string of the molecule is CCOC(=O)c1ccc(N2CC(NC(=O)N3CC(C)CC(C(=O)O)C3)C2)nc1. The van der Waals surface area contributed by atoms with Crippen LogP contribution in [0.4, 0.5) is 10.6 Å². The predicted molar refractivity (Wildman–Crippen MR) is 101 cm³/mol. The van der Waals surface area contributed by atoms with E-state index < -0.39 is 17.9 Å². The third-order valence-corrected chi connectivity index (χ3v) is 5.09. The number of aliphatic carboxylic acids is 1. The Morgan fingerprint density at radius 2 is 2.00 bits per heavy atom. The molecule has 0 aromatic carbocycles. The molecule has 2 N–H and O–H groups in total. The van der Waals surface area contributed by atoms with Crippen LogP contribution >= 0.6 is 0 Å². The lowest BCUT2D eigenvalue weighted by molar-refractivity contribution is -0.143. The van der Waals surface area contributed by atoms with Crippen LogP contribution in [-0.2, 0) is 9.53 Å². The molecule has 2 saturated heterocycles. The number of carbonyl (C=O) groups is 3. The van der Waals surface area contributed by atoms with Gasteiger partial charge in [0.1, 0.15) is 5.82 Å². The fourth-order valence-corrected chi connectivity index (χ4v) is 3.63. The summed E-state index contributed by atoms with van der Waals surface area (Å²) in [4.78, 5) is 43.3. The minimum Gasteiger partial charge on any atom is -0.481 e. The first-order chi connectivity index (χ1) is 13.4. The van der Waals surface area contributed by atoms with E-state index in [9.17, 15) is 19.5 Å². The summed E-state index contributed by atoms with van der Waals surface area (Å²) >= 11 is 0. The minimum atomic E-state index is -0.850. The number of aromatic nitrogens is 1. The normalized spacial score (nSPS) is 22.4. The molecular weight excluding hydrogens is 364 g/mol. The smallest absolute Gasteiger partial charge is 0.339 e.